The van der Waals surface area contributed by atoms with Crippen LogP contribution >= 0.6 is 15.9 Å². The van der Waals surface area contributed by atoms with Crippen LogP contribution in [0.2, 0.25) is 0 Å². The summed E-state index contributed by atoms with van der Waals surface area (Å²) in [5, 5.41) is 0. The van der Waals surface area contributed by atoms with Crippen molar-refractivity contribution in [1.29, 1.82) is 0 Å². The standard InChI is InChI=1S/C22H25BrO3/c1-15(17-7-10-20(23)11-8-17)13-18(6-5-16(2)24)19-9-12-21(25-3)22(14-19)26-4/h7-12,14,18H,1,5-6,13H2,2-4H3. The molecular formula is C22H25BrO3. The highest BCUT2D eigenvalue weighted by molar-refractivity contribution is 9.10. The predicted octanol–water partition coefficient (Wildman–Crippen LogP) is 6.02. The normalized spacial score (nSPS) is 11.7. The minimum atomic E-state index is 0.190. The SMILES string of the molecule is C=C(CC(CCC(C)=O)c1ccc(OC)c(OC)c1)c1ccc(Br)cc1. The zero-order valence-corrected chi connectivity index (χ0v) is 17.1. The molecule has 3 nitrogen and oxygen atoms in total. The number of allylic oxidation sites excluding steroid dienone is 1. The van der Waals surface area contributed by atoms with Crippen LogP contribution in [0, 0.1) is 0 Å². The van der Waals surface area contributed by atoms with E-state index in [2.05, 4.69) is 34.6 Å². The van der Waals surface area contributed by atoms with Crippen LogP contribution in [0.15, 0.2) is 53.5 Å². The van der Waals surface area contributed by atoms with Crippen molar-refractivity contribution >= 4 is 27.3 Å². The monoisotopic (exact) mass is 416 g/mol. The van der Waals surface area contributed by atoms with Gasteiger partial charge in [0.1, 0.15) is 5.78 Å². The average molecular weight is 417 g/mol. The van der Waals surface area contributed by atoms with Crippen LogP contribution in [0.3, 0.4) is 0 Å². The number of ether oxygens (including phenoxy) is 2. The number of methoxy groups -OCH3 is 2. The molecule has 0 heterocycles. The molecule has 26 heavy (non-hydrogen) atoms. The summed E-state index contributed by atoms with van der Waals surface area (Å²) in [5.74, 6) is 1.79. The van der Waals surface area contributed by atoms with Crippen LogP contribution in [0.5, 0.6) is 11.5 Å². The second-order valence-corrected chi connectivity index (χ2v) is 7.28. The smallest absolute Gasteiger partial charge is 0.160 e. The maximum atomic E-state index is 11.5. The Labute approximate surface area is 164 Å². The third kappa shape index (κ3) is 5.46. The van der Waals surface area contributed by atoms with Crippen LogP contribution in [-0.2, 0) is 4.79 Å². The van der Waals surface area contributed by atoms with E-state index in [9.17, 15) is 4.79 Å². The van der Waals surface area contributed by atoms with Gasteiger partial charge in [-0.1, -0.05) is 40.7 Å². The number of Topliss-reactive ketones (excluding diaryl/α,β-unsaturated/α-hetero) is 1. The van der Waals surface area contributed by atoms with Gasteiger partial charge in [-0.3, -0.25) is 0 Å². The molecule has 0 N–H and O–H groups in total. The lowest BCUT2D eigenvalue weighted by Crippen LogP contribution is -2.04. The minimum Gasteiger partial charge on any atom is -0.493 e. The lowest BCUT2D eigenvalue weighted by molar-refractivity contribution is -0.117. The first-order valence-corrected chi connectivity index (χ1v) is 9.39. The van der Waals surface area contributed by atoms with Crippen LogP contribution in [0.25, 0.3) is 5.57 Å². The first-order chi connectivity index (χ1) is 12.4. The molecule has 0 aliphatic rings. The summed E-state index contributed by atoms with van der Waals surface area (Å²) >= 11 is 3.46. The van der Waals surface area contributed by atoms with E-state index in [1.54, 1.807) is 21.1 Å². The number of rotatable bonds is 9. The van der Waals surface area contributed by atoms with E-state index in [0.29, 0.717) is 17.9 Å². The van der Waals surface area contributed by atoms with E-state index in [-0.39, 0.29) is 11.7 Å². The lowest BCUT2D eigenvalue weighted by Gasteiger charge is -2.20. The molecule has 0 bridgehead atoms. The van der Waals surface area contributed by atoms with E-state index < -0.39 is 0 Å². The fourth-order valence-corrected chi connectivity index (χ4v) is 3.24. The van der Waals surface area contributed by atoms with Gasteiger partial charge in [0.05, 0.1) is 14.2 Å². The fraction of sp³-hybridized carbons (Fsp3) is 0.318. The van der Waals surface area contributed by atoms with Gasteiger partial charge in [0.2, 0.25) is 0 Å². The fourth-order valence-electron chi connectivity index (χ4n) is 2.97. The Kier molecular flexibility index (Phi) is 7.46. The summed E-state index contributed by atoms with van der Waals surface area (Å²) in [7, 11) is 3.26. The third-order valence-corrected chi connectivity index (χ3v) is 5.00. The summed E-state index contributed by atoms with van der Waals surface area (Å²) in [5.41, 5.74) is 3.30. The molecule has 0 radical (unpaired) electrons. The van der Waals surface area contributed by atoms with Crippen molar-refractivity contribution in [2.75, 3.05) is 14.2 Å². The summed E-state index contributed by atoms with van der Waals surface area (Å²) in [6.45, 7) is 5.90. The molecule has 1 atom stereocenters. The van der Waals surface area contributed by atoms with Crippen molar-refractivity contribution in [2.24, 2.45) is 0 Å². The summed E-state index contributed by atoms with van der Waals surface area (Å²) in [6, 6.07) is 14.1. The first-order valence-electron chi connectivity index (χ1n) is 8.59. The molecule has 2 rings (SSSR count). The highest BCUT2D eigenvalue weighted by atomic mass is 79.9. The highest BCUT2D eigenvalue weighted by Crippen LogP contribution is 2.36. The summed E-state index contributed by atoms with van der Waals surface area (Å²) in [4.78, 5) is 11.5. The Balaban J connectivity index is 2.26. The number of halogens is 1. The van der Waals surface area contributed by atoms with Crippen LogP contribution < -0.4 is 9.47 Å². The van der Waals surface area contributed by atoms with E-state index in [4.69, 9.17) is 9.47 Å². The van der Waals surface area contributed by atoms with E-state index >= 15 is 0 Å². The Bertz CT molecular complexity index is 765. The third-order valence-electron chi connectivity index (χ3n) is 4.47. The van der Waals surface area contributed by atoms with Crippen molar-refractivity contribution in [2.45, 2.75) is 32.1 Å². The Morgan fingerprint density at radius 2 is 1.73 bits per heavy atom. The van der Waals surface area contributed by atoms with E-state index in [0.717, 1.165) is 34.0 Å². The van der Waals surface area contributed by atoms with Gasteiger partial charge in [-0.05, 0) is 66.6 Å². The highest BCUT2D eigenvalue weighted by Gasteiger charge is 2.17. The summed E-state index contributed by atoms with van der Waals surface area (Å²) < 4.78 is 11.8. The Morgan fingerprint density at radius 3 is 2.31 bits per heavy atom. The van der Waals surface area contributed by atoms with Crippen molar-refractivity contribution in [3.8, 4) is 11.5 Å². The zero-order valence-electron chi connectivity index (χ0n) is 15.5. The van der Waals surface area contributed by atoms with Gasteiger partial charge in [0.25, 0.3) is 0 Å². The quantitative estimate of drug-likeness (QED) is 0.500. The lowest BCUT2D eigenvalue weighted by atomic mass is 9.86. The molecule has 0 aromatic heterocycles. The van der Waals surface area contributed by atoms with E-state index in [1.807, 2.05) is 30.3 Å². The van der Waals surface area contributed by atoms with Crippen LogP contribution in [0.4, 0.5) is 0 Å². The molecule has 0 saturated carbocycles. The number of carbonyl (C=O) groups is 1. The number of carbonyl (C=O) groups excluding carboxylic acids is 1. The molecule has 138 valence electrons. The molecule has 1 unspecified atom stereocenters. The number of ketones is 1. The van der Waals surface area contributed by atoms with Gasteiger partial charge in [-0.2, -0.15) is 0 Å². The van der Waals surface area contributed by atoms with E-state index in [1.165, 1.54) is 0 Å². The van der Waals surface area contributed by atoms with Gasteiger partial charge in [0, 0.05) is 10.9 Å². The molecule has 4 heteroatoms. The molecular weight excluding hydrogens is 392 g/mol. The van der Waals surface area contributed by atoms with Crippen molar-refractivity contribution in [3.05, 3.63) is 64.6 Å². The second kappa shape index (κ2) is 9.58. The van der Waals surface area contributed by atoms with Crippen LogP contribution in [0.1, 0.15) is 43.2 Å². The van der Waals surface area contributed by atoms with Crippen molar-refractivity contribution in [3.63, 3.8) is 0 Å². The first kappa shape index (κ1) is 20.2. The van der Waals surface area contributed by atoms with Gasteiger partial charge in [-0.25, -0.2) is 0 Å². The Morgan fingerprint density at radius 1 is 1.08 bits per heavy atom. The molecule has 0 aliphatic heterocycles. The number of hydrogen-bond donors (Lipinski definition) is 0. The zero-order chi connectivity index (χ0) is 19.1. The summed E-state index contributed by atoms with van der Waals surface area (Å²) in [6.07, 6.45) is 2.11. The van der Waals surface area contributed by atoms with Gasteiger partial charge in [0.15, 0.2) is 11.5 Å². The molecule has 0 aliphatic carbocycles. The van der Waals surface area contributed by atoms with Gasteiger partial charge < -0.3 is 14.3 Å². The molecule has 0 spiro atoms. The molecule has 0 saturated heterocycles. The van der Waals surface area contributed by atoms with Gasteiger partial charge in [-0.15, -0.1) is 0 Å². The maximum absolute atomic E-state index is 11.5. The van der Waals surface area contributed by atoms with Crippen LogP contribution in [-0.4, -0.2) is 20.0 Å². The topological polar surface area (TPSA) is 35.5 Å². The average Bonchev–Trinajstić information content (AvgIpc) is 2.64. The molecule has 0 amide bonds. The second-order valence-electron chi connectivity index (χ2n) is 6.37. The minimum absolute atomic E-state index is 0.190. The molecule has 2 aromatic carbocycles. The Hall–Kier alpha value is -2.07. The van der Waals surface area contributed by atoms with Gasteiger partial charge >= 0.3 is 0 Å². The number of hydrogen-bond acceptors (Lipinski definition) is 3. The molecule has 2 aromatic rings. The maximum Gasteiger partial charge on any atom is 0.160 e. The van der Waals surface area contributed by atoms with Crippen molar-refractivity contribution < 1.29 is 14.3 Å². The predicted molar refractivity (Wildman–Crippen MR) is 110 cm³/mol. The molecule has 0 fully saturated rings. The number of benzene rings is 2. The van der Waals surface area contributed by atoms with Crippen molar-refractivity contribution in [1.82, 2.24) is 0 Å². The largest absolute Gasteiger partial charge is 0.493 e.